The summed E-state index contributed by atoms with van der Waals surface area (Å²) in [6.45, 7) is 7.41. The highest BCUT2D eigenvalue weighted by atomic mass is 16.6. The normalized spacial score (nSPS) is 14.0. The highest BCUT2D eigenvalue weighted by Gasteiger charge is 2.20. The fraction of sp³-hybridized carbons (Fsp3) is 0.588. The molecule has 23 heavy (non-hydrogen) atoms. The van der Waals surface area contributed by atoms with E-state index < -0.39 is 23.9 Å². The number of aliphatic hydroxyl groups excluding tert-OH is 2. The lowest BCUT2D eigenvalue weighted by atomic mass is 10.00. The second kappa shape index (κ2) is 8.17. The lowest BCUT2D eigenvalue weighted by Gasteiger charge is -2.21. The first-order chi connectivity index (χ1) is 10.6. The van der Waals surface area contributed by atoms with Crippen molar-refractivity contribution in [1.29, 1.82) is 0 Å². The zero-order valence-corrected chi connectivity index (χ0v) is 14.4. The summed E-state index contributed by atoms with van der Waals surface area (Å²) in [5, 5.41) is 22.9. The molecular weight excluding hydrogens is 298 g/mol. The van der Waals surface area contributed by atoms with Gasteiger partial charge in [0.2, 0.25) is 0 Å². The fourth-order valence-electron chi connectivity index (χ4n) is 2.08. The number of hydrogen-bond donors (Lipinski definition) is 3. The van der Waals surface area contributed by atoms with Crippen molar-refractivity contribution in [3.63, 3.8) is 0 Å². The Hall–Kier alpha value is -1.79. The Morgan fingerprint density at radius 2 is 1.91 bits per heavy atom. The number of hydrogen-bond acceptors (Lipinski definition) is 5. The number of ether oxygens (including phenoxy) is 2. The van der Waals surface area contributed by atoms with E-state index in [0.29, 0.717) is 11.3 Å². The molecule has 130 valence electrons. The summed E-state index contributed by atoms with van der Waals surface area (Å²) in [4.78, 5) is 11.5. The highest BCUT2D eigenvalue weighted by Crippen LogP contribution is 2.24. The number of carbonyl (C=O) groups excluding carboxylic acids is 1. The van der Waals surface area contributed by atoms with Crippen molar-refractivity contribution < 1.29 is 24.5 Å². The smallest absolute Gasteiger partial charge is 0.407 e. The Morgan fingerprint density at radius 1 is 1.26 bits per heavy atom. The van der Waals surface area contributed by atoms with E-state index in [2.05, 4.69) is 5.32 Å². The Morgan fingerprint density at radius 3 is 2.48 bits per heavy atom. The van der Waals surface area contributed by atoms with Crippen LogP contribution in [0.2, 0.25) is 0 Å². The average molecular weight is 325 g/mol. The van der Waals surface area contributed by atoms with E-state index in [9.17, 15) is 15.0 Å². The van der Waals surface area contributed by atoms with Crippen LogP contribution < -0.4 is 10.1 Å². The van der Waals surface area contributed by atoms with E-state index in [0.717, 1.165) is 5.56 Å². The number of nitrogens with one attached hydrogen (secondary N) is 1. The number of methoxy groups -OCH3 is 1. The van der Waals surface area contributed by atoms with Gasteiger partial charge < -0.3 is 25.0 Å². The van der Waals surface area contributed by atoms with Crippen molar-refractivity contribution in [2.75, 3.05) is 13.7 Å². The third-order valence-electron chi connectivity index (χ3n) is 3.12. The van der Waals surface area contributed by atoms with Crippen LogP contribution in [0.3, 0.4) is 0 Å². The topological polar surface area (TPSA) is 88.0 Å². The molecule has 0 heterocycles. The molecule has 0 fully saturated rings. The third kappa shape index (κ3) is 6.88. The van der Waals surface area contributed by atoms with Crippen molar-refractivity contribution in [2.24, 2.45) is 0 Å². The van der Waals surface area contributed by atoms with Crippen LogP contribution in [0, 0.1) is 6.92 Å². The Balaban J connectivity index is 2.53. The second-order valence-corrected chi connectivity index (χ2v) is 6.51. The molecule has 0 bridgehead atoms. The van der Waals surface area contributed by atoms with Crippen LogP contribution in [0.5, 0.6) is 5.75 Å². The van der Waals surface area contributed by atoms with E-state index in [1.165, 1.54) is 0 Å². The fourth-order valence-corrected chi connectivity index (χ4v) is 2.08. The molecule has 1 amide bonds. The molecule has 0 aliphatic rings. The molecule has 0 aromatic heterocycles. The Labute approximate surface area is 137 Å². The van der Waals surface area contributed by atoms with Gasteiger partial charge in [-0.05, 0) is 57.4 Å². The molecule has 6 heteroatoms. The summed E-state index contributed by atoms with van der Waals surface area (Å²) in [5.74, 6) is 0.623. The molecule has 2 unspecified atom stereocenters. The molecule has 6 nitrogen and oxygen atoms in total. The predicted molar refractivity (Wildman–Crippen MR) is 87.6 cm³/mol. The molecule has 1 rings (SSSR count). The zero-order valence-electron chi connectivity index (χ0n) is 14.4. The lowest BCUT2D eigenvalue weighted by molar-refractivity contribution is 0.0122. The van der Waals surface area contributed by atoms with Gasteiger partial charge in [-0.25, -0.2) is 4.79 Å². The van der Waals surface area contributed by atoms with Gasteiger partial charge in [-0.2, -0.15) is 0 Å². The predicted octanol–water partition coefficient (Wildman–Crippen LogP) is 2.31. The third-order valence-corrected chi connectivity index (χ3v) is 3.12. The minimum absolute atomic E-state index is 0.204. The van der Waals surface area contributed by atoms with Gasteiger partial charge in [-0.15, -0.1) is 0 Å². The molecule has 2 atom stereocenters. The number of benzene rings is 1. The van der Waals surface area contributed by atoms with Gasteiger partial charge >= 0.3 is 6.09 Å². The van der Waals surface area contributed by atoms with Gasteiger partial charge in [0.1, 0.15) is 17.5 Å². The quantitative estimate of drug-likeness (QED) is 0.747. The molecule has 0 radical (unpaired) electrons. The first-order valence-electron chi connectivity index (χ1n) is 7.61. The maximum Gasteiger partial charge on any atom is 0.407 e. The monoisotopic (exact) mass is 325 g/mol. The van der Waals surface area contributed by atoms with Crippen LogP contribution in [-0.4, -0.2) is 41.7 Å². The number of rotatable bonds is 6. The first-order valence-corrected chi connectivity index (χ1v) is 7.61. The van der Waals surface area contributed by atoms with Crippen LogP contribution in [0.1, 0.15) is 44.4 Å². The molecule has 1 aromatic carbocycles. The van der Waals surface area contributed by atoms with E-state index in [4.69, 9.17) is 9.47 Å². The summed E-state index contributed by atoms with van der Waals surface area (Å²) >= 11 is 0. The number of carbonyl (C=O) groups is 1. The summed E-state index contributed by atoms with van der Waals surface area (Å²) in [6, 6.07) is 5.31. The molecule has 3 N–H and O–H groups in total. The van der Waals surface area contributed by atoms with Crippen molar-refractivity contribution in [3.05, 3.63) is 29.3 Å². The molecule has 0 aliphatic heterocycles. The molecule has 0 aliphatic carbocycles. The Kier molecular flexibility index (Phi) is 6.84. The molecule has 1 aromatic rings. The standard InChI is InChI=1S/C17H27NO5/c1-11-8-12(10-13(9-11)22-5)15(20)14(19)6-7-18-16(21)23-17(2,3)4/h8-10,14-15,19-20H,6-7H2,1-5H3,(H,18,21). The van der Waals surface area contributed by atoms with E-state index >= 15 is 0 Å². The summed E-state index contributed by atoms with van der Waals surface area (Å²) in [7, 11) is 1.55. The zero-order chi connectivity index (χ0) is 17.6. The minimum Gasteiger partial charge on any atom is -0.497 e. The van der Waals surface area contributed by atoms with Crippen LogP contribution in [0.4, 0.5) is 4.79 Å². The van der Waals surface area contributed by atoms with Crippen LogP contribution >= 0.6 is 0 Å². The summed E-state index contributed by atoms with van der Waals surface area (Å²) < 4.78 is 10.3. The largest absolute Gasteiger partial charge is 0.497 e. The second-order valence-electron chi connectivity index (χ2n) is 6.51. The lowest BCUT2D eigenvalue weighted by Crippen LogP contribution is -2.34. The number of alkyl carbamates (subject to hydrolysis) is 1. The van der Waals surface area contributed by atoms with Crippen molar-refractivity contribution >= 4 is 6.09 Å². The van der Waals surface area contributed by atoms with Crippen molar-refractivity contribution in [1.82, 2.24) is 5.32 Å². The summed E-state index contributed by atoms with van der Waals surface area (Å²) in [6.07, 6.45) is -2.39. The SMILES string of the molecule is COc1cc(C)cc(C(O)C(O)CCNC(=O)OC(C)(C)C)c1. The number of aliphatic hydroxyl groups is 2. The van der Waals surface area contributed by atoms with E-state index in [1.807, 2.05) is 13.0 Å². The van der Waals surface area contributed by atoms with Crippen LogP contribution in [-0.2, 0) is 4.74 Å². The summed E-state index contributed by atoms with van der Waals surface area (Å²) in [5.41, 5.74) is 0.935. The van der Waals surface area contributed by atoms with Gasteiger partial charge in [-0.3, -0.25) is 0 Å². The number of aryl methyl sites for hydroxylation is 1. The van der Waals surface area contributed by atoms with Crippen LogP contribution in [0.15, 0.2) is 18.2 Å². The highest BCUT2D eigenvalue weighted by molar-refractivity contribution is 5.67. The maximum atomic E-state index is 11.5. The van der Waals surface area contributed by atoms with Crippen molar-refractivity contribution in [3.8, 4) is 5.75 Å². The molecule has 0 saturated carbocycles. The van der Waals surface area contributed by atoms with Gasteiger partial charge in [0.15, 0.2) is 0 Å². The average Bonchev–Trinajstić information content (AvgIpc) is 2.43. The van der Waals surface area contributed by atoms with Crippen molar-refractivity contribution in [2.45, 2.75) is 51.9 Å². The van der Waals surface area contributed by atoms with Gasteiger partial charge in [0.05, 0.1) is 13.2 Å². The maximum absolute atomic E-state index is 11.5. The molecule has 0 saturated heterocycles. The van der Waals surface area contributed by atoms with E-state index in [-0.39, 0.29) is 13.0 Å². The minimum atomic E-state index is -1.05. The Bertz CT molecular complexity index is 524. The number of amides is 1. The first kappa shape index (κ1) is 19.3. The van der Waals surface area contributed by atoms with Crippen LogP contribution in [0.25, 0.3) is 0 Å². The van der Waals surface area contributed by atoms with Gasteiger partial charge in [-0.1, -0.05) is 6.07 Å². The molecular formula is C17H27NO5. The van der Waals surface area contributed by atoms with Gasteiger partial charge in [0, 0.05) is 6.54 Å². The van der Waals surface area contributed by atoms with Gasteiger partial charge in [0.25, 0.3) is 0 Å². The van der Waals surface area contributed by atoms with E-state index in [1.54, 1.807) is 40.0 Å². The molecule has 0 spiro atoms.